The van der Waals surface area contributed by atoms with Gasteiger partial charge in [-0.25, -0.2) is 4.39 Å². The number of carbonyl (C=O) groups excluding carboxylic acids is 1. The molecule has 1 fully saturated rings. The summed E-state index contributed by atoms with van der Waals surface area (Å²) in [5, 5.41) is 18.4. The van der Waals surface area contributed by atoms with Gasteiger partial charge in [-0.05, 0) is 43.7 Å². The van der Waals surface area contributed by atoms with E-state index in [1.165, 1.54) is 6.07 Å². The Kier molecular flexibility index (Phi) is 5.38. The van der Waals surface area contributed by atoms with Crippen molar-refractivity contribution < 1.29 is 9.18 Å². The molecule has 1 atom stereocenters. The first-order valence-electron chi connectivity index (χ1n) is 9.30. The summed E-state index contributed by atoms with van der Waals surface area (Å²) in [6.45, 7) is 2.11. The van der Waals surface area contributed by atoms with Crippen LogP contribution in [0.25, 0.3) is 11.3 Å². The Morgan fingerprint density at radius 2 is 2.21 bits per heavy atom. The quantitative estimate of drug-likeness (QED) is 0.707. The van der Waals surface area contributed by atoms with Gasteiger partial charge in [0.25, 0.3) is 5.91 Å². The fourth-order valence-corrected chi connectivity index (χ4v) is 3.25. The minimum absolute atomic E-state index is 0.110. The number of hydrogen-bond donors (Lipinski definition) is 2. The molecule has 1 aliphatic rings. The summed E-state index contributed by atoms with van der Waals surface area (Å²) >= 11 is 0. The van der Waals surface area contributed by atoms with Crippen LogP contribution in [-0.4, -0.2) is 45.0 Å². The highest BCUT2D eigenvalue weighted by atomic mass is 19.1. The molecule has 1 aromatic carbocycles. The van der Waals surface area contributed by atoms with Gasteiger partial charge in [-0.1, -0.05) is 12.1 Å². The summed E-state index contributed by atoms with van der Waals surface area (Å²) < 4.78 is 16.1. The van der Waals surface area contributed by atoms with Crippen LogP contribution in [0.15, 0.2) is 48.8 Å². The maximum atomic E-state index is 14.4. The highest BCUT2D eigenvalue weighted by Gasteiger charge is 2.17. The summed E-state index contributed by atoms with van der Waals surface area (Å²) in [5.41, 5.74) is 1.92. The maximum Gasteiger partial charge on any atom is 0.272 e. The number of rotatable bonds is 5. The van der Waals surface area contributed by atoms with E-state index in [9.17, 15) is 9.18 Å². The van der Waals surface area contributed by atoms with Crippen molar-refractivity contribution >= 4 is 5.91 Å². The molecule has 1 amide bonds. The van der Waals surface area contributed by atoms with E-state index in [2.05, 4.69) is 25.9 Å². The van der Waals surface area contributed by atoms with Crippen molar-refractivity contribution in [2.45, 2.75) is 25.4 Å². The van der Waals surface area contributed by atoms with Crippen molar-refractivity contribution in [3.8, 4) is 11.3 Å². The van der Waals surface area contributed by atoms with Crippen LogP contribution in [0.2, 0.25) is 0 Å². The highest BCUT2D eigenvalue weighted by Crippen LogP contribution is 2.20. The van der Waals surface area contributed by atoms with E-state index >= 15 is 0 Å². The van der Waals surface area contributed by atoms with Crippen molar-refractivity contribution in [1.29, 1.82) is 0 Å². The molecule has 2 aromatic heterocycles. The third-order valence-electron chi connectivity index (χ3n) is 4.77. The minimum Gasteiger partial charge on any atom is -0.347 e. The number of aromatic nitrogens is 4. The topological polar surface area (TPSA) is 84.7 Å². The molecule has 144 valence electrons. The Balaban J connectivity index is 1.44. The molecule has 0 spiro atoms. The van der Waals surface area contributed by atoms with Gasteiger partial charge in [-0.15, -0.1) is 10.2 Å². The van der Waals surface area contributed by atoms with Gasteiger partial charge in [0, 0.05) is 36.1 Å². The van der Waals surface area contributed by atoms with Gasteiger partial charge in [0.1, 0.15) is 5.82 Å². The van der Waals surface area contributed by atoms with Crippen molar-refractivity contribution in [1.82, 2.24) is 30.6 Å². The van der Waals surface area contributed by atoms with E-state index in [1.807, 2.05) is 0 Å². The van der Waals surface area contributed by atoms with Gasteiger partial charge in [0.05, 0.1) is 12.2 Å². The molecule has 28 heavy (non-hydrogen) atoms. The zero-order valence-corrected chi connectivity index (χ0v) is 15.3. The Labute approximate surface area is 162 Å². The molecule has 1 aliphatic heterocycles. The standard InChI is InChI=1S/C20H21FN6O/c21-17-11-14(4-5-15(17)13-27-10-2-9-23-27)18-6-7-19(26-25-18)20(28)24-16-3-1-8-22-12-16/h2,4-7,9-11,16,22H,1,3,8,12-13H2,(H,24,28). The molecule has 3 aromatic rings. The largest absolute Gasteiger partial charge is 0.347 e. The van der Waals surface area contributed by atoms with Crippen LogP contribution in [0.5, 0.6) is 0 Å². The minimum atomic E-state index is -0.332. The number of amides is 1. The fourth-order valence-electron chi connectivity index (χ4n) is 3.25. The van der Waals surface area contributed by atoms with Gasteiger partial charge in [-0.2, -0.15) is 5.10 Å². The normalized spacial score (nSPS) is 16.7. The number of nitrogens with one attached hydrogen (secondary N) is 2. The van der Waals surface area contributed by atoms with Crippen LogP contribution in [0.3, 0.4) is 0 Å². The predicted molar refractivity (Wildman–Crippen MR) is 102 cm³/mol. The van der Waals surface area contributed by atoms with E-state index in [0.717, 1.165) is 25.9 Å². The third kappa shape index (κ3) is 4.23. The van der Waals surface area contributed by atoms with Gasteiger partial charge in [0.15, 0.2) is 5.69 Å². The number of carbonyl (C=O) groups is 1. The Hall–Kier alpha value is -3.13. The molecule has 7 nitrogen and oxygen atoms in total. The van der Waals surface area contributed by atoms with Crippen LogP contribution in [0.1, 0.15) is 28.9 Å². The SMILES string of the molecule is O=C(NC1CCCNC1)c1ccc(-c2ccc(Cn3cccn3)c(F)c2)nn1. The van der Waals surface area contributed by atoms with Gasteiger partial charge in [-0.3, -0.25) is 9.48 Å². The monoisotopic (exact) mass is 380 g/mol. The van der Waals surface area contributed by atoms with Gasteiger partial charge >= 0.3 is 0 Å². The summed E-state index contributed by atoms with van der Waals surface area (Å²) in [5.74, 6) is -0.574. The van der Waals surface area contributed by atoms with E-state index in [1.54, 1.807) is 47.4 Å². The van der Waals surface area contributed by atoms with Crippen LogP contribution in [-0.2, 0) is 6.54 Å². The van der Waals surface area contributed by atoms with E-state index in [0.29, 0.717) is 23.4 Å². The molecular weight excluding hydrogens is 359 g/mol. The average Bonchev–Trinajstić information content (AvgIpc) is 3.23. The average molecular weight is 380 g/mol. The third-order valence-corrected chi connectivity index (χ3v) is 4.77. The van der Waals surface area contributed by atoms with Crippen molar-refractivity contribution in [2.75, 3.05) is 13.1 Å². The summed E-state index contributed by atoms with van der Waals surface area (Å²) in [7, 11) is 0. The molecular formula is C20H21FN6O. The molecule has 3 heterocycles. The van der Waals surface area contributed by atoms with Crippen LogP contribution in [0.4, 0.5) is 4.39 Å². The first-order valence-corrected chi connectivity index (χ1v) is 9.30. The molecule has 8 heteroatoms. The van der Waals surface area contributed by atoms with Crippen molar-refractivity contribution in [3.05, 3.63) is 65.9 Å². The van der Waals surface area contributed by atoms with E-state index in [-0.39, 0.29) is 23.5 Å². The molecule has 1 unspecified atom stereocenters. The number of hydrogen-bond acceptors (Lipinski definition) is 5. The summed E-state index contributed by atoms with van der Waals surface area (Å²) in [4.78, 5) is 12.3. The first-order chi connectivity index (χ1) is 13.7. The zero-order valence-electron chi connectivity index (χ0n) is 15.3. The van der Waals surface area contributed by atoms with Gasteiger partial charge < -0.3 is 10.6 Å². The Morgan fingerprint density at radius 1 is 1.29 bits per heavy atom. The fraction of sp³-hybridized carbons (Fsp3) is 0.300. The molecule has 0 aliphatic carbocycles. The zero-order chi connectivity index (χ0) is 19.3. The second kappa shape index (κ2) is 8.26. The van der Waals surface area contributed by atoms with Crippen molar-refractivity contribution in [2.24, 2.45) is 0 Å². The smallest absolute Gasteiger partial charge is 0.272 e. The molecule has 4 rings (SSSR count). The number of nitrogens with zero attached hydrogens (tertiary/aromatic N) is 4. The van der Waals surface area contributed by atoms with Crippen molar-refractivity contribution in [3.63, 3.8) is 0 Å². The van der Waals surface area contributed by atoms with Crippen LogP contribution >= 0.6 is 0 Å². The van der Waals surface area contributed by atoms with Crippen LogP contribution in [0, 0.1) is 5.82 Å². The Bertz CT molecular complexity index is 936. The first kappa shape index (κ1) is 18.2. The molecule has 0 radical (unpaired) electrons. The lowest BCUT2D eigenvalue weighted by atomic mass is 10.1. The molecule has 1 saturated heterocycles. The second-order valence-electron chi connectivity index (χ2n) is 6.83. The van der Waals surface area contributed by atoms with Crippen LogP contribution < -0.4 is 10.6 Å². The number of benzene rings is 1. The van der Waals surface area contributed by atoms with Gasteiger partial charge in [0.2, 0.25) is 0 Å². The molecule has 2 N–H and O–H groups in total. The number of piperidine rings is 1. The summed E-state index contributed by atoms with van der Waals surface area (Å²) in [6, 6.07) is 10.1. The summed E-state index contributed by atoms with van der Waals surface area (Å²) in [6.07, 6.45) is 5.43. The lowest BCUT2D eigenvalue weighted by molar-refractivity contribution is 0.0924. The van der Waals surface area contributed by atoms with E-state index in [4.69, 9.17) is 0 Å². The highest BCUT2D eigenvalue weighted by molar-refractivity contribution is 5.92. The van der Waals surface area contributed by atoms with E-state index < -0.39 is 0 Å². The maximum absolute atomic E-state index is 14.4. The second-order valence-corrected chi connectivity index (χ2v) is 6.83. The predicted octanol–water partition coefficient (Wildman–Crippen LogP) is 2.01. The molecule has 0 bridgehead atoms. The lowest BCUT2D eigenvalue weighted by Gasteiger charge is -2.23. The molecule has 0 saturated carbocycles. The Morgan fingerprint density at radius 3 is 2.89 bits per heavy atom. The number of halogens is 1. The lowest BCUT2D eigenvalue weighted by Crippen LogP contribution is -2.45.